The van der Waals surface area contributed by atoms with E-state index < -0.39 is 0 Å². The van der Waals surface area contributed by atoms with Crippen LogP contribution in [0.2, 0.25) is 0 Å². The van der Waals surface area contributed by atoms with Crippen LogP contribution in [0.15, 0.2) is 48.7 Å². The molecule has 2 atom stereocenters. The van der Waals surface area contributed by atoms with Crippen LogP contribution in [0, 0.1) is 6.92 Å². The number of aromatic nitrogens is 3. The molecule has 0 unspecified atom stereocenters. The lowest BCUT2D eigenvalue weighted by molar-refractivity contribution is 0.438. The summed E-state index contributed by atoms with van der Waals surface area (Å²) >= 11 is 1.86. The molecule has 1 N–H and O–H groups in total. The fourth-order valence-corrected chi connectivity index (χ4v) is 3.43. The number of nitrogens with one attached hydrogen (secondary N) is 1. The third kappa shape index (κ3) is 3.79. The molecular weight excluding hydrogens is 316 g/mol. The minimum atomic E-state index is 0.172. The minimum Gasteiger partial charge on any atom is -0.301 e. The monoisotopic (exact) mass is 340 g/mol. The first-order chi connectivity index (χ1) is 11.7. The highest BCUT2D eigenvalue weighted by molar-refractivity contribution is 7.98. The third-order valence-corrected chi connectivity index (χ3v) is 4.90. The van der Waals surface area contributed by atoms with E-state index >= 15 is 0 Å². The molecule has 24 heavy (non-hydrogen) atoms. The van der Waals surface area contributed by atoms with E-state index in [1.165, 1.54) is 11.1 Å². The molecule has 5 heteroatoms. The van der Waals surface area contributed by atoms with Crippen LogP contribution < -0.4 is 5.32 Å². The zero-order valence-corrected chi connectivity index (χ0v) is 15.3. The molecule has 4 nitrogen and oxygen atoms in total. The summed E-state index contributed by atoms with van der Waals surface area (Å²) in [5, 5.41) is 12.5. The Morgan fingerprint density at radius 2 is 2.04 bits per heavy atom. The molecule has 0 spiro atoms. The molecule has 0 bridgehead atoms. The largest absolute Gasteiger partial charge is 0.301 e. The van der Waals surface area contributed by atoms with Crippen molar-refractivity contribution in [1.82, 2.24) is 19.9 Å². The number of benzene rings is 1. The Labute approximate surface area is 147 Å². The summed E-state index contributed by atoms with van der Waals surface area (Å²) in [4.78, 5) is 0. The lowest BCUT2D eigenvalue weighted by Gasteiger charge is -2.22. The highest BCUT2D eigenvalue weighted by atomic mass is 32.2. The number of thioether (sulfide) groups is 1. The molecule has 0 amide bonds. The Bertz CT molecular complexity index is 799. The molecule has 3 rings (SSSR count). The summed E-state index contributed by atoms with van der Waals surface area (Å²) in [5.41, 5.74) is 3.49. The fourth-order valence-electron chi connectivity index (χ4n) is 2.96. The second-order valence-corrected chi connectivity index (χ2v) is 7.11. The van der Waals surface area contributed by atoms with E-state index in [1.807, 2.05) is 36.2 Å². The highest BCUT2D eigenvalue weighted by Crippen LogP contribution is 2.23. The summed E-state index contributed by atoms with van der Waals surface area (Å²) in [7, 11) is 0. The molecule has 0 aliphatic rings. The van der Waals surface area contributed by atoms with Gasteiger partial charge in [0.25, 0.3) is 0 Å². The van der Waals surface area contributed by atoms with Gasteiger partial charge >= 0.3 is 0 Å². The first-order valence-corrected chi connectivity index (χ1v) is 9.69. The van der Waals surface area contributed by atoms with Gasteiger partial charge in [-0.05, 0) is 50.0 Å². The molecule has 1 aromatic carbocycles. The van der Waals surface area contributed by atoms with Crippen LogP contribution in [-0.4, -0.2) is 26.6 Å². The number of rotatable bonds is 7. The van der Waals surface area contributed by atoms with Gasteiger partial charge in [0, 0.05) is 12.2 Å². The average Bonchev–Trinajstić information content (AvgIpc) is 3.02. The maximum atomic E-state index is 4.45. The van der Waals surface area contributed by atoms with Crippen molar-refractivity contribution in [3.05, 3.63) is 65.6 Å². The third-order valence-electron chi connectivity index (χ3n) is 4.26. The summed E-state index contributed by atoms with van der Waals surface area (Å²) in [6, 6.07) is 15.1. The van der Waals surface area contributed by atoms with Gasteiger partial charge in [0.05, 0.1) is 6.04 Å². The second-order valence-electron chi connectivity index (χ2n) is 6.12. The molecule has 2 aromatic heterocycles. The molecular formula is C19H24N4S. The van der Waals surface area contributed by atoms with E-state index in [0.717, 1.165) is 23.6 Å². The van der Waals surface area contributed by atoms with E-state index in [9.17, 15) is 0 Å². The molecule has 0 radical (unpaired) electrons. The first-order valence-electron chi connectivity index (χ1n) is 8.30. The zero-order chi connectivity index (χ0) is 16.9. The van der Waals surface area contributed by atoms with Crippen LogP contribution in [0.25, 0.3) is 5.65 Å². The predicted octanol–water partition coefficient (Wildman–Crippen LogP) is 4.18. The van der Waals surface area contributed by atoms with Gasteiger partial charge in [-0.15, -0.1) is 10.2 Å². The minimum absolute atomic E-state index is 0.172. The van der Waals surface area contributed by atoms with Crippen LogP contribution in [0.4, 0.5) is 0 Å². The number of fused-ring (bicyclic) bond motifs is 1. The Balaban J connectivity index is 1.86. The summed E-state index contributed by atoms with van der Waals surface area (Å²) < 4.78 is 2.08. The highest BCUT2D eigenvalue weighted by Gasteiger charge is 2.20. The Hall–Kier alpha value is -1.85. The van der Waals surface area contributed by atoms with Crippen molar-refractivity contribution in [2.75, 3.05) is 12.0 Å². The van der Waals surface area contributed by atoms with Crippen LogP contribution in [0.1, 0.15) is 42.4 Å². The Morgan fingerprint density at radius 1 is 1.17 bits per heavy atom. The summed E-state index contributed by atoms with van der Waals surface area (Å²) in [6.07, 6.45) is 5.20. The summed E-state index contributed by atoms with van der Waals surface area (Å²) in [5.74, 6) is 2.07. The number of nitrogens with zero attached hydrogens (tertiary/aromatic N) is 3. The number of hydrogen-bond acceptors (Lipinski definition) is 4. The van der Waals surface area contributed by atoms with Crippen molar-refractivity contribution in [2.24, 2.45) is 0 Å². The molecule has 0 aliphatic carbocycles. The normalized spacial score (nSPS) is 14.0. The zero-order valence-electron chi connectivity index (χ0n) is 14.4. The van der Waals surface area contributed by atoms with Crippen molar-refractivity contribution < 1.29 is 0 Å². The second kappa shape index (κ2) is 7.81. The van der Waals surface area contributed by atoms with Crippen molar-refractivity contribution in [3.63, 3.8) is 0 Å². The lowest BCUT2D eigenvalue weighted by atomic mass is 10.0. The van der Waals surface area contributed by atoms with Crippen LogP contribution >= 0.6 is 11.8 Å². The topological polar surface area (TPSA) is 42.2 Å². The Kier molecular flexibility index (Phi) is 5.53. The Morgan fingerprint density at radius 3 is 2.83 bits per heavy atom. The average molecular weight is 340 g/mol. The van der Waals surface area contributed by atoms with Gasteiger partial charge in [-0.2, -0.15) is 11.8 Å². The van der Waals surface area contributed by atoms with Crippen molar-refractivity contribution in [3.8, 4) is 0 Å². The number of pyridine rings is 1. The van der Waals surface area contributed by atoms with E-state index in [4.69, 9.17) is 0 Å². The van der Waals surface area contributed by atoms with E-state index in [0.29, 0.717) is 0 Å². The molecule has 126 valence electrons. The van der Waals surface area contributed by atoms with Crippen molar-refractivity contribution in [2.45, 2.75) is 32.4 Å². The fraction of sp³-hybridized carbons (Fsp3) is 0.368. The molecule has 0 saturated carbocycles. The lowest BCUT2D eigenvalue weighted by Crippen LogP contribution is -2.27. The van der Waals surface area contributed by atoms with Crippen molar-refractivity contribution in [1.29, 1.82) is 0 Å². The van der Waals surface area contributed by atoms with Crippen molar-refractivity contribution >= 4 is 17.4 Å². The van der Waals surface area contributed by atoms with Gasteiger partial charge in [0.2, 0.25) is 0 Å². The van der Waals surface area contributed by atoms with Crippen LogP contribution in [0.3, 0.4) is 0 Å². The van der Waals surface area contributed by atoms with Gasteiger partial charge in [-0.25, -0.2) is 0 Å². The van der Waals surface area contributed by atoms with E-state index in [-0.39, 0.29) is 12.1 Å². The number of aryl methyl sites for hydroxylation is 1. The predicted molar refractivity (Wildman–Crippen MR) is 101 cm³/mol. The van der Waals surface area contributed by atoms with Gasteiger partial charge in [0.15, 0.2) is 11.5 Å². The molecule has 0 fully saturated rings. The molecule has 0 aliphatic heterocycles. The standard InChI is InChI=1S/C19H24N4S/c1-14-7-6-8-16(13-14)15(2)20-17(10-12-24-3)19-22-21-18-9-4-5-11-23(18)19/h4-9,11,13,15,17,20H,10,12H2,1-3H3/t15-,17-/m1/s1. The first kappa shape index (κ1) is 17.0. The van der Waals surface area contributed by atoms with Crippen LogP contribution in [0.5, 0.6) is 0 Å². The quantitative estimate of drug-likeness (QED) is 0.700. The molecule has 2 heterocycles. The van der Waals surface area contributed by atoms with Gasteiger partial charge in [0.1, 0.15) is 0 Å². The SMILES string of the molecule is CSCC[C@@H](N[C@H](C)c1cccc(C)c1)c1nnc2ccccn12. The molecule has 0 saturated heterocycles. The van der Waals surface area contributed by atoms with E-state index in [1.54, 1.807) is 0 Å². The smallest absolute Gasteiger partial charge is 0.160 e. The summed E-state index contributed by atoms with van der Waals surface area (Å²) in [6.45, 7) is 4.34. The number of hydrogen-bond donors (Lipinski definition) is 1. The van der Waals surface area contributed by atoms with Gasteiger partial charge < -0.3 is 5.32 Å². The van der Waals surface area contributed by atoms with Gasteiger partial charge in [-0.1, -0.05) is 35.9 Å². The molecule has 3 aromatic rings. The van der Waals surface area contributed by atoms with E-state index in [2.05, 4.69) is 64.3 Å². The van der Waals surface area contributed by atoms with Crippen LogP contribution in [-0.2, 0) is 0 Å². The maximum Gasteiger partial charge on any atom is 0.160 e. The maximum absolute atomic E-state index is 4.45. The van der Waals surface area contributed by atoms with Gasteiger partial charge in [-0.3, -0.25) is 4.40 Å².